The summed E-state index contributed by atoms with van der Waals surface area (Å²) in [4.78, 5) is 26.3. The number of carbonyl (C=O) groups excluding carboxylic acids is 2. The van der Waals surface area contributed by atoms with E-state index in [9.17, 15) is 9.59 Å². The first-order chi connectivity index (χ1) is 14.2. The third-order valence-electron chi connectivity index (χ3n) is 5.68. The molecular formula is C24H20N2O3. The maximum Gasteiger partial charge on any atom is 0.237 e. The van der Waals surface area contributed by atoms with Crippen molar-refractivity contribution in [3.63, 3.8) is 0 Å². The summed E-state index contributed by atoms with van der Waals surface area (Å²) in [5.41, 5.74) is 1.46. The number of ether oxygens (including phenoxy) is 1. The van der Waals surface area contributed by atoms with E-state index in [2.05, 4.69) is 10.6 Å². The second-order valence-electron chi connectivity index (χ2n) is 7.47. The van der Waals surface area contributed by atoms with Crippen molar-refractivity contribution < 1.29 is 14.3 Å². The normalized spacial score (nSPS) is 24.6. The third kappa shape index (κ3) is 2.95. The van der Waals surface area contributed by atoms with Gasteiger partial charge < -0.3 is 15.4 Å². The Labute approximate surface area is 168 Å². The highest BCUT2D eigenvalue weighted by molar-refractivity contribution is 6.08. The molecule has 2 aliphatic rings. The predicted octanol–water partition coefficient (Wildman–Crippen LogP) is 3.79. The monoisotopic (exact) mass is 384 g/mol. The molecule has 2 amide bonds. The summed E-state index contributed by atoms with van der Waals surface area (Å²) >= 11 is 0. The SMILES string of the molecule is O=C(Nc1ccccc1)C1C(=O)NC2(c3ccccc3)CC1c1ccccc1O2. The van der Waals surface area contributed by atoms with Crippen LogP contribution in [-0.2, 0) is 15.3 Å². The van der Waals surface area contributed by atoms with E-state index >= 15 is 0 Å². The fourth-order valence-corrected chi connectivity index (χ4v) is 4.36. The lowest BCUT2D eigenvalue weighted by molar-refractivity contribution is -0.147. The molecule has 3 atom stereocenters. The summed E-state index contributed by atoms with van der Waals surface area (Å²) < 4.78 is 6.33. The van der Waals surface area contributed by atoms with Crippen molar-refractivity contribution in [2.75, 3.05) is 5.32 Å². The molecule has 2 heterocycles. The zero-order chi connectivity index (χ0) is 19.8. The number of benzene rings is 3. The van der Waals surface area contributed by atoms with E-state index in [1.807, 2.05) is 84.9 Å². The first-order valence-electron chi connectivity index (χ1n) is 9.68. The second-order valence-corrected chi connectivity index (χ2v) is 7.47. The maximum atomic E-state index is 13.2. The smallest absolute Gasteiger partial charge is 0.237 e. The number of hydrogen-bond donors (Lipinski definition) is 2. The van der Waals surface area contributed by atoms with Crippen LogP contribution < -0.4 is 15.4 Å². The van der Waals surface area contributed by atoms with Gasteiger partial charge in [0.2, 0.25) is 17.5 Å². The van der Waals surface area contributed by atoms with Gasteiger partial charge in [-0.25, -0.2) is 0 Å². The molecule has 5 heteroatoms. The summed E-state index contributed by atoms with van der Waals surface area (Å²) in [5, 5.41) is 5.90. The Bertz CT molecular complexity index is 1070. The molecule has 5 rings (SSSR count). The molecule has 2 bridgehead atoms. The molecule has 29 heavy (non-hydrogen) atoms. The molecule has 0 aromatic heterocycles. The molecule has 2 aliphatic heterocycles. The quantitative estimate of drug-likeness (QED) is 0.675. The van der Waals surface area contributed by atoms with Crippen LogP contribution in [-0.4, -0.2) is 11.8 Å². The van der Waals surface area contributed by atoms with Crippen molar-refractivity contribution in [3.05, 3.63) is 96.1 Å². The minimum atomic E-state index is -0.971. The van der Waals surface area contributed by atoms with Crippen molar-refractivity contribution in [1.29, 1.82) is 0 Å². The van der Waals surface area contributed by atoms with Crippen LogP contribution in [0.15, 0.2) is 84.9 Å². The van der Waals surface area contributed by atoms with Gasteiger partial charge in [-0.3, -0.25) is 9.59 Å². The van der Waals surface area contributed by atoms with Gasteiger partial charge in [-0.1, -0.05) is 66.7 Å². The van der Waals surface area contributed by atoms with E-state index in [1.54, 1.807) is 0 Å². The van der Waals surface area contributed by atoms with Crippen molar-refractivity contribution in [1.82, 2.24) is 5.32 Å². The molecule has 5 nitrogen and oxygen atoms in total. The second kappa shape index (κ2) is 6.78. The van der Waals surface area contributed by atoms with Gasteiger partial charge in [-0.15, -0.1) is 0 Å². The molecule has 1 saturated heterocycles. The molecule has 3 aromatic rings. The molecule has 0 spiro atoms. The first-order valence-corrected chi connectivity index (χ1v) is 9.68. The van der Waals surface area contributed by atoms with Crippen LogP contribution in [0, 0.1) is 5.92 Å². The van der Waals surface area contributed by atoms with E-state index in [0.717, 1.165) is 11.1 Å². The molecular weight excluding hydrogens is 364 g/mol. The average Bonchev–Trinajstić information content (AvgIpc) is 2.75. The van der Waals surface area contributed by atoms with Crippen LogP contribution in [0.25, 0.3) is 0 Å². The molecule has 0 saturated carbocycles. The minimum Gasteiger partial charge on any atom is -0.464 e. The van der Waals surface area contributed by atoms with Gasteiger partial charge in [0, 0.05) is 23.6 Å². The number of piperidine rings is 1. The topological polar surface area (TPSA) is 67.4 Å². The Morgan fingerprint density at radius 1 is 0.931 bits per heavy atom. The zero-order valence-electron chi connectivity index (χ0n) is 15.7. The lowest BCUT2D eigenvalue weighted by atomic mass is 9.72. The largest absolute Gasteiger partial charge is 0.464 e. The number of amides is 2. The number of rotatable bonds is 3. The zero-order valence-corrected chi connectivity index (χ0v) is 15.7. The molecule has 1 fully saturated rings. The van der Waals surface area contributed by atoms with Crippen molar-refractivity contribution in [3.8, 4) is 5.75 Å². The highest BCUT2D eigenvalue weighted by Crippen LogP contribution is 2.50. The fraction of sp³-hybridized carbons (Fsp3) is 0.167. The number of anilines is 1. The van der Waals surface area contributed by atoms with Gasteiger partial charge in [0.1, 0.15) is 11.7 Å². The number of hydrogen-bond acceptors (Lipinski definition) is 3. The summed E-state index contributed by atoms with van der Waals surface area (Å²) in [6.45, 7) is 0. The van der Waals surface area contributed by atoms with Crippen molar-refractivity contribution in [2.24, 2.45) is 5.92 Å². The Morgan fingerprint density at radius 2 is 1.59 bits per heavy atom. The van der Waals surface area contributed by atoms with Crippen LogP contribution in [0.5, 0.6) is 5.75 Å². The van der Waals surface area contributed by atoms with Crippen LogP contribution in [0.1, 0.15) is 23.5 Å². The number of para-hydroxylation sites is 2. The molecule has 3 unspecified atom stereocenters. The molecule has 0 aliphatic carbocycles. The molecule has 144 valence electrons. The maximum absolute atomic E-state index is 13.2. The Hall–Kier alpha value is -3.60. The standard InChI is InChI=1S/C24H20N2O3/c27-22(25-17-11-5-2-6-12-17)21-19-15-24(26-23(21)28,16-9-3-1-4-10-16)29-20-14-8-7-13-18(19)20/h1-14,19,21H,15H2,(H,25,27)(H,26,28). The lowest BCUT2D eigenvalue weighted by Gasteiger charge is -2.48. The highest BCUT2D eigenvalue weighted by atomic mass is 16.5. The Balaban J connectivity index is 1.56. The number of fused-ring (bicyclic) bond motifs is 4. The molecule has 2 N–H and O–H groups in total. The summed E-state index contributed by atoms with van der Waals surface area (Å²) in [7, 11) is 0. The van der Waals surface area contributed by atoms with Crippen molar-refractivity contribution in [2.45, 2.75) is 18.1 Å². The van der Waals surface area contributed by atoms with Gasteiger partial charge in [0.25, 0.3) is 0 Å². The summed E-state index contributed by atoms with van der Waals surface area (Å²) in [6, 6.07) is 26.5. The van der Waals surface area contributed by atoms with E-state index in [0.29, 0.717) is 17.9 Å². The molecule has 3 aromatic carbocycles. The summed E-state index contributed by atoms with van der Waals surface area (Å²) in [6.07, 6.45) is 0.493. The molecule has 0 radical (unpaired) electrons. The highest BCUT2D eigenvalue weighted by Gasteiger charge is 2.54. The van der Waals surface area contributed by atoms with E-state index in [4.69, 9.17) is 4.74 Å². The predicted molar refractivity (Wildman–Crippen MR) is 109 cm³/mol. The van der Waals surface area contributed by atoms with E-state index in [1.165, 1.54) is 0 Å². The van der Waals surface area contributed by atoms with Gasteiger partial charge >= 0.3 is 0 Å². The lowest BCUT2D eigenvalue weighted by Crippen LogP contribution is -2.62. The minimum absolute atomic E-state index is 0.280. The first kappa shape index (κ1) is 17.5. The van der Waals surface area contributed by atoms with Crippen LogP contribution >= 0.6 is 0 Å². The van der Waals surface area contributed by atoms with E-state index < -0.39 is 11.6 Å². The van der Waals surface area contributed by atoms with Crippen LogP contribution in [0.4, 0.5) is 5.69 Å². The van der Waals surface area contributed by atoms with Crippen molar-refractivity contribution >= 4 is 17.5 Å². The Kier molecular flexibility index (Phi) is 4.09. The third-order valence-corrected chi connectivity index (χ3v) is 5.68. The van der Waals surface area contributed by atoms with Gasteiger partial charge in [-0.05, 0) is 23.8 Å². The van der Waals surface area contributed by atoms with Gasteiger partial charge in [-0.2, -0.15) is 0 Å². The van der Waals surface area contributed by atoms with Crippen LogP contribution in [0.2, 0.25) is 0 Å². The van der Waals surface area contributed by atoms with E-state index in [-0.39, 0.29) is 17.7 Å². The fourth-order valence-electron chi connectivity index (χ4n) is 4.36. The van der Waals surface area contributed by atoms with Crippen LogP contribution in [0.3, 0.4) is 0 Å². The summed E-state index contributed by atoms with van der Waals surface area (Å²) in [5.74, 6) is -1.05. The number of nitrogens with one attached hydrogen (secondary N) is 2. The van der Waals surface area contributed by atoms with Gasteiger partial charge in [0.05, 0.1) is 0 Å². The Morgan fingerprint density at radius 3 is 2.34 bits per heavy atom. The number of carbonyl (C=O) groups is 2. The van der Waals surface area contributed by atoms with Gasteiger partial charge in [0.15, 0.2) is 0 Å². The average molecular weight is 384 g/mol.